The largest absolute Gasteiger partial charge is 0.377 e. The highest BCUT2D eigenvalue weighted by Gasteiger charge is 2.37. The molecule has 1 fully saturated rings. The molecule has 1 aromatic carbocycles. The molecule has 0 aromatic heterocycles. The lowest BCUT2D eigenvalue weighted by Crippen LogP contribution is -2.48. The summed E-state index contributed by atoms with van der Waals surface area (Å²) < 4.78 is 19.0. The Hall–Kier alpha value is -0.350. The van der Waals surface area contributed by atoms with E-state index in [9.17, 15) is 4.39 Å². The standard InChI is InChI=1S/C14H18Cl2FNO/c1-9(18-8-14(19-2)4-3-5-14)10-6-13(17)12(16)7-11(10)15/h6-7,9,18H,3-5,8H2,1-2H3. The SMILES string of the molecule is COC1(CNC(C)c2cc(F)c(Cl)cc2Cl)CCC1. The summed E-state index contributed by atoms with van der Waals surface area (Å²) in [4.78, 5) is 0. The van der Waals surface area contributed by atoms with Gasteiger partial charge in [-0.3, -0.25) is 0 Å². The molecule has 0 amide bonds. The highest BCUT2D eigenvalue weighted by molar-refractivity contribution is 6.35. The molecule has 0 heterocycles. The molecule has 0 spiro atoms. The predicted molar refractivity (Wildman–Crippen MR) is 76.4 cm³/mol. The van der Waals surface area contributed by atoms with Crippen LogP contribution in [0.5, 0.6) is 0 Å². The molecule has 0 aliphatic heterocycles. The Morgan fingerprint density at radius 1 is 1.37 bits per heavy atom. The molecule has 106 valence electrons. The van der Waals surface area contributed by atoms with Gasteiger partial charge < -0.3 is 10.1 Å². The topological polar surface area (TPSA) is 21.3 Å². The van der Waals surface area contributed by atoms with Crippen LogP contribution in [0.15, 0.2) is 12.1 Å². The molecule has 1 aliphatic carbocycles. The summed E-state index contributed by atoms with van der Waals surface area (Å²) in [6.45, 7) is 2.70. The third-order valence-electron chi connectivity index (χ3n) is 3.93. The second-order valence-electron chi connectivity index (χ2n) is 5.13. The van der Waals surface area contributed by atoms with Gasteiger partial charge in [0.2, 0.25) is 0 Å². The van der Waals surface area contributed by atoms with E-state index in [2.05, 4.69) is 5.32 Å². The Bertz CT molecular complexity index is 457. The molecule has 19 heavy (non-hydrogen) atoms. The average Bonchev–Trinajstić information content (AvgIpc) is 2.32. The Morgan fingerprint density at radius 3 is 2.58 bits per heavy atom. The summed E-state index contributed by atoms with van der Waals surface area (Å²) in [5.41, 5.74) is 0.653. The van der Waals surface area contributed by atoms with Crippen molar-refractivity contribution < 1.29 is 9.13 Å². The fraction of sp³-hybridized carbons (Fsp3) is 0.571. The molecule has 1 aliphatic rings. The van der Waals surface area contributed by atoms with Gasteiger partial charge in [0.15, 0.2) is 0 Å². The summed E-state index contributed by atoms with van der Waals surface area (Å²) >= 11 is 11.8. The molecule has 2 rings (SSSR count). The first-order valence-corrected chi connectivity index (χ1v) is 7.16. The van der Waals surface area contributed by atoms with Gasteiger partial charge in [-0.25, -0.2) is 4.39 Å². The zero-order chi connectivity index (χ0) is 14.0. The molecule has 0 bridgehead atoms. The van der Waals surface area contributed by atoms with Crippen LogP contribution in [0.25, 0.3) is 0 Å². The van der Waals surface area contributed by atoms with Crippen LogP contribution < -0.4 is 5.32 Å². The molecule has 1 atom stereocenters. The molecule has 1 unspecified atom stereocenters. The van der Waals surface area contributed by atoms with E-state index < -0.39 is 5.82 Å². The molecule has 5 heteroatoms. The van der Waals surface area contributed by atoms with Crippen molar-refractivity contribution in [1.82, 2.24) is 5.32 Å². The highest BCUT2D eigenvalue weighted by Crippen LogP contribution is 2.35. The van der Waals surface area contributed by atoms with E-state index in [4.69, 9.17) is 27.9 Å². The van der Waals surface area contributed by atoms with E-state index in [-0.39, 0.29) is 16.7 Å². The predicted octanol–water partition coefficient (Wildman–Crippen LogP) is 4.35. The first kappa shape index (κ1) is 15.0. The third-order valence-corrected chi connectivity index (χ3v) is 4.55. The van der Waals surface area contributed by atoms with Gasteiger partial charge in [-0.2, -0.15) is 0 Å². The van der Waals surface area contributed by atoms with Crippen LogP contribution in [-0.2, 0) is 4.74 Å². The minimum Gasteiger partial charge on any atom is -0.377 e. The molecule has 2 nitrogen and oxygen atoms in total. The average molecular weight is 306 g/mol. The van der Waals surface area contributed by atoms with Crippen molar-refractivity contribution in [1.29, 1.82) is 0 Å². The maximum atomic E-state index is 13.5. The van der Waals surface area contributed by atoms with Crippen LogP contribution in [0.1, 0.15) is 37.8 Å². The van der Waals surface area contributed by atoms with E-state index in [0.717, 1.165) is 19.4 Å². The van der Waals surface area contributed by atoms with Crippen molar-refractivity contribution in [2.75, 3.05) is 13.7 Å². The number of benzene rings is 1. The smallest absolute Gasteiger partial charge is 0.142 e. The molecule has 1 aromatic rings. The van der Waals surface area contributed by atoms with Crippen LogP contribution in [0, 0.1) is 5.82 Å². The van der Waals surface area contributed by atoms with Crippen LogP contribution in [0.4, 0.5) is 4.39 Å². The number of hydrogen-bond acceptors (Lipinski definition) is 2. The Labute approximate surface area is 123 Å². The summed E-state index contributed by atoms with van der Waals surface area (Å²) in [5.74, 6) is -0.445. The summed E-state index contributed by atoms with van der Waals surface area (Å²) in [5, 5.41) is 3.89. The second kappa shape index (κ2) is 5.96. The van der Waals surface area contributed by atoms with Gasteiger partial charge >= 0.3 is 0 Å². The maximum absolute atomic E-state index is 13.5. The lowest BCUT2D eigenvalue weighted by molar-refractivity contribution is -0.0706. The molecule has 0 saturated heterocycles. The van der Waals surface area contributed by atoms with Gasteiger partial charge in [0.05, 0.1) is 10.6 Å². The van der Waals surface area contributed by atoms with Crippen molar-refractivity contribution in [2.45, 2.75) is 37.8 Å². The Kier molecular flexibility index (Phi) is 4.72. The number of rotatable bonds is 5. The van der Waals surface area contributed by atoms with Gasteiger partial charge in [0.25, 0.3) is 0 Å². The number of halogens is 3. The highest BCUT2D eigenvalue weighted by atomic mass is 35.5. The monoisotopic (exact) mass is 305 g/mol. The Morgan fingerprint density at radius 2 is 2.05 bits per heavy atom. The quantitative estimate of drug-likeness (QED) is 0.817. The van der Waals surface area contributed by atoms with Crippen LogP contribution >= 0.6 is 23.2 Å². The van der Waals surface area contributed by atoms with Crippen molar-refractivity contribution in [3.63, 3.8) is 0 Å². The van der Waals surface area contributed by atoms with Crippen LogP contribution in [0.2, 0.25) is 10.0 Å². The molecule has 1 saturated carbocycles. The van der Waals surface area contributed by atoms with Crippen molar-refractivity contribution in [2.24, 2.45) is 0 Å². The number of ether oxygens (including phenoxy) is 1. The van der Waals surface area contributed by atoms with Crippen molar-refractivity contribution in [3.05, 3.63) is 33.6 Å². The van der Waals surface area contributed by atoms with E-state index in [1.54, 1.807) is 7.11 Å². The number of nitrogens with one attached hydrogen (secondary N) is 1. The normalized spacial score (nSPS) is 19.0. The fourth-order valence-electron chi connectivity index (χ4n) is 2.34. The third kappa shape index (κ3) is 3.22. The summed E-state index contributed by atoms with van der Waals surface area (Å²) in [7, 11) is 1.74. The van der Waals surface area contributed by atoms with Crippen molar-refractivity contribution >= 4 is 23.2 Å². The zero-order valence-corrected chi connectivity index (χ0v) is 12.6. The minimum atomic E-state index is -0.445. The Balaban J connectivity index is 2.03. The zero-order valence-electron chi connectivity index (χ0n) is 11.1. The van der Waals surface area contributed by atoms with E-state index in [1.165, 1.54) is 18.6 Å². The minimum absolute atomic E-state index is 0.0492. The summed E-state index contributed by atoms with van der Waals surface area (Å²) in [6, 6.07) is 2.79. The molecular formula is C14H18Cl2FNO. The van der Waals surface area contributed by atoms with E-state index >= 15 is 0 Å². The lowest BCUT2D eigenvalue weighted by atomic mass is 9.80. The van der Waals surface area contributed by atoms with Gasteiger partial charge in [0, 0.05) is 24.7 Å². The fourth-order valence-corrected chi connectivity index (χ4v) is 2.89. The second-order valence-corrected chi connectivity index (χ2v) is 5.95. The number of methoxy groups -OCH3 is 1. The van der Waals surface area contributed by atoms with E-state index in [1.807, 2.05) is 6.92 Å². The van der Waals surface area contributed by atoms with Gasteiger partial charge in [-0.1, -0.05) is 23.2 Å². The van der Waals surface area contributed by atoms with Gasteiger partial charge in [-0.05, 0) is 43.9 Å². The molecule has 0 radical (unpaired) electrons. The first-order chi connectivity index (χ1) is 8.97. The lowest BCUT2D eigenvalue weighted by Gasteiger charge is -2.41. The summed E-state index contributed by atoms with van der Waals surface area (Å²) in [6.07, 6.45) is 3.32. The molecular weight excluding hydrogens is 288 g/mol. The first-order valence-electron chi connectivity index (χ1n) is 6.40. The maximum Gasteiger partial charge on any atom is 0.142 e. The van der Waals surface area contributed by atoms with Gasteiger partial charge in [0.1, 0.15) is 5.82 Å². The van der Waals surface area contributed by atoms with Crippen molar-refractivity contribution in [3.8, 4) is 0 Å². The van der Waals surface area contributed by atoms with E-state index in [0.29, 0.717) is 10.6 Å². The number of hydrogen-bond donors (Lipinski definition) is 1. The van der Waals surface area contributed by atoms with Crippen LogP contribution in [0.3, 0.4) is 0 Å². The van der Waals surface area contributed by atoms with Gasteiger partial charge in [-0.15, -0.1) is 0 Å². The van der Waals surface area contributed by atoms with Crippen LogP contribution in [-0.4, -0.2) is 19.3 Å². The molecule has 1 N–H and O–H groups in total.